The van der Waals surface area contributed by atoms with Crippen LogP contribution in [0.2, 0.25) is 0 Å². The third kappa shape index (κ3) is 5.30. The zero-order chi connectivity index (χ0) is 13.3. The lowest BCUT2D eigenvalue weighted by Crippen LogP contribution is -2.32. The summed E-state index contributed by atoms with van der Waals surface area (Å²) >= 11 is 0. The van der Waals surface area contributed by atoms with Crippen LogP contribution in [-0.2, 0) is 6.54 Å². The molecule has 1 aromatic heterocycles. The van der Waals surface area contributed by atoms with E-state index < -0.39 is 0 Å². The number of hydrogen-bond donors (Lipinski definition) is 1. The van der Waals surface area contributed by atoms with Gasteiger partial charge in [0.15, 0.2) is 0 Å². The van der Waals surface area contributed by atoms with Crippen molar-refractivity contribution in [3.8, 4) is 0 Å². The van der Waals surface area contributed by atoms with Crippen LogP contribution < -0.4 is 5.73 Å². The zero-order valence-electron chi connectivity index (χ0n) is 11.9. The lowest BCUT2D eigenvalue weighted by atomic mass is 10.3. The molecule has 1 aromatic rings. The van der Waals surface area contributed by atoms with Crippen molar-refractivity contribution in [3.63, 3.8) is 0 Å². The second kappa shape index (κ2) is 8.30. The predicted octanol–water partition coefficient (Wildman–Crippen LogP) is 0.630. The SMILES string of the molecule is NCCCN1CCCN(CCCn2ccnc2)CC1. The summed E-state index contributed by atoms with van der Waals surface area (Å²) in [7, 11) is 0. The molecule has 0 spiro atoms. The molecule has 2 rings (SSSR count). The first-order valence-corrected chi connectivity index (χ1v) is 7.49. The fraction of sp³-hybridized carbons (Fsp3) is 0.786. The van der Waals surface area contributed by atoms with E-state index in [0.717, 1.165) is 19.5 Å². The van der Waals surface area contributed by atoms with E-state index in [1.807, 2.05) is 18.7 Å². The van der Waals surface area contributed by atoms with Crippen molar-refractivity contribution in [1.82, 2.24) is 19.4 Å². The molecule has 0 bridgehead atoms. The molecule has 0 saturated carbocycles. The maximum absolute atomic E-state index is 5.58. The van der Waals surface area contributed by atoms with Crippen molar-refractivity contribution in [1.29, 1.82) is 0 Å². The fourth-order valence-corrected chi connectivity index (χ4v) is 2.68. The minimum atomic E-state index is 0.811. The zero-order valence-corrected chi connectivity index (χ0v) is 11.9. The molecule has 0 atom stereocenters. The first-order valence-electron chi connectivity index (χ1n) is 7.49. The lowest BCUT2D eigenvalue weighted by molar-refractivity contribution is 0.251. The molecule has 5 nitrogen and oxygen atoms in total. The minimum Gasteiger partial charge on any atom is -0.337 e. The van der Waals surface area contributed by atoms with Crippen LogP contribution in [0.4, 0.5) is 0 Å². The van der Waals surface area contributed by atoms with Crippen LogP contribution >= 0.6 is 0 Å². The minimum absolute atomic E-state index is 0.811. The van der Waals surface area contributed by atoms with Gasteiger partial charge in [-0.2, -0.15) is 0 Å². The number of rotatable bonds is 7. The average molecular weight is 265 g/mol. The van der Waals surface area contributed by atoms with E-state index in [2.05, 4.69) is 19.4 Å². The Kier molecular flexibility index (Phi) is 6.33. The summed E-state index contributed by atoms with van der Waals surface area (Å²) < 4.78 is 2.16. The number of hydrogen-bond acceptors (Lipinski definition) is 4. The predicted molar refractivity (Wildman–Crippen MR) is 78.0 cm³/mol. The molecule has 2 heterocycles. The maximum atomic E-state index is 5.58. The third-order valence-electron chi connectivity index (χ3n) is 3.81. The van der Waals surface area contributed by atoms with Crippen molar-refractivity contribution >= 4 is 0 Å². The van der Waals surface area contributed by atoms with Crippen molar-refractivity contribution in [2.75, 3.05) is 45.8 Å². The standard InChI is InChI=1S/C14H27N5/c15-4-1-6-17-7-2-8-18(13-12-17)9-3-10-19-11-5-16-14-19/h5,11,14H,1-4,6-10,12-13,15H2. The summed E-state index contributed by atoms with van der Waals surface area (Å²) in [5.74, 6) is 0. The Bertz CT molecular complexity index is 325. The molecular formula is C14H27N5. The highest BCUT2D eigenvalue weighted by Gasteiger charge is 2.13. The highest BCUT2D eigenvalue weighted by Crippen LogP contribution is 2.05. The first-order chi connectivity index (χ1) is 9.38. The van der Waals surface area contributed by atoms with Gasteiger partial charge in [-0.05, 0) is 52.0 Å². The maximum Gasteiger partial charge on any atom is 0.0945 e. The number of imidazole rings is 1. The van der Waals surface area contributed by atoms with Gasteiger partial charge in [0.2, 0.25) is 0 Å². The Morgan fingerprint density at radius 3 is 2.32 bits per heavy atom. The second-order valence-corrected chi connectivity index (χ2v) is 5.33. The number of aryl methyl sites for hydroxylation is 1. The van der Waals surface area contributed by atoms with Gasteiger partial charge in [-0.3, -0.25) is 0 Å². The van der Waals surface area contributed by atoms with E-state index in [4.69, 9.17) is 5.73 Å². The van der Waals surface area contributed by atoms with Crippen LogP contribution in [0.3, 0.4) is 0 Å². The van der Waals surface area contributed by atoms with E-state index in [9.17, 15) is 0 Å². The molecule has 5 heteroatoms. The van der Waals surface area contributed by atoms with Crippen molar-refractivity contribution in [2.24, 2.45) is 5.73 Å². The molecule has 0 aliphatic carbocycles. The van der Waals surface area contributed by atoms with E-state index in [0.29, 0.717) is 0 Å². The van der Waals surface area contributed by atoms with Crippen LogP contribution in [0.25, 0.3) is 0 Å². The molecule has 108 valence electrons. The van der Waals surface area contributed by atoms with Crippen LogP contribution in [0.5, 0.6) is 0 Å². The van der Waals surface area contributed by atoms with Gasteiger partial charge >= 0.3 is 0 Å². The van der Waals surface area contributed by atoms with Gasteiger partial charge in [0.05, 0.1) is 6.33 Å². The Balaban J connectivity index is 1.62. The normalized spacial score (nSPS) is 18.6. The Morgan fingerprint density at radius 1 is 0.947 bits per heavy atom. The van der Waals surface area contributed by atoms with E-state index in [1.165, 1.54) is 52.1 Å². The molecule has 1 saturated heterocycles. The van der Waals surface area contributed by atoms with Gasteiger partial charge < -0.3 is 20.1 Å². The molecule has 1 fully saturated rings. The molecule has 1 aliphatic rings. The van der Waals surface area contributed by atoms with Crippen molar-refractivity contribution in [3.05, 3.63) is 18.7 Å². The van der Waals surface area contributed by atoms with Gasteiger partial charge in [-0.1, -0.05) is 0 Å². The molecule has 0 amide bonds. The summed E-state index contributed by atoms with van der Waals surface area (Å²) in [5, 5.41) is 0. The lowest BCUT2D eigenvalue weighted by Gasteiger charge is -2.21. The van der Waals surface area contributed by atoms with Gasteiger partial charge in [0.25, 0.3) is 0 Å². The monoisotopic (exact) mass is 265 g/mol. The third-order valence-corrected chi connectivity index (χ3v) is 3.81. The average Bonchev–Trinajstić information content (AvgIpc) is 2.83. The van der Waals surface area contributed by atoms with Gasteiger partial charge in [-0.25, -0.2) is 4.98 Å². The number of nitrogens with zero attached hydrogens (tertiary/aromatic N) is 4. The highest BCUT2D eigenvalue weighted by molar-refractivity contribution is 4.75. The molecule has 0 radical (unpaired) electrons. The van der Waals surface area contributed by atoms with E-state index in [-0.39, 0.29) is 0 Å². The van der Waals surface area contributed by atoms with Crippen LogP contribution in [-0.4, -0.2) is 65.2 Å². The van der Waals surface area contributed by atoms with E-state index in [1.54, 1.807) is 0 Å². The fourth-order valence-electron chi connectivity index (χ4n) is 2.68. The summed E-state index contributed by atoms with van der Waals surface area (Å²) in [6.45, 7) is 9.13. The summed E-state index contributed by atoms with van der Waals surface area (Å²) in [5.41, 5.74) is 5.58. The second-order valence-electron chi connectivity index (χ2n) is 5.33. The topological polar surface area (TPSA) is 50.3 Å². The number of aromatic nitrogens is 2. The largest absolute Gasteiger partial charge is 0.337 e. The Hall–Kier alpha value is -0.910. The molecule has 0 unspecified atom stereocenters. The Labute approximate surface area is 116 Å². The van der Waals surface area contributed by atoms with Crippen molar-refractivity contribution in [2.45, 2.75) is 25.8 Å². The number of nitrogens with two attached hydrogens (primary N) is 1. The Morgan fingerprint density at radius 2 is 1.68 bits per heavy atom. The van der Waals surface area contributed by atoms with Gasteiger partial charge in [-0.15, -0.1) is 0 Å². The molecule has 0 aromatic carbocycles. The van der Waals surface area contributed by atoms with Crippen LogP contribution in [0.15, 0.2) is 18.7 Å². The quantitative estimate of drug-likeness (QED) is 0.785. The van der Waals surface area contributed by atoms with Gasteiger partial charge in [0.1, 0.15) is 0 Å². The molecule has 19 heavy (non-hydrogen) atoms. The van der Waals surface area contributed by atoms with Gasteiger partial charge in [0, 0.05) is 32.0 Å². The van der Waals surface area contributed by atoms with Crippen LogP contribution in [0.1, 0.15) is 19.3 Å². The summed E-state index contributed by atoms with van der Waals surface area (Å²) in [4.78, 5) is 9.23. The highest BCUT2D eigenvalue weighted by atomic mass is 15.2. The molecular weight excluding hydrogens is 238 g/mol. The smallest absolute Gasteiger partial charge is 0.0945 e. The molecule has 1 aliphatic heterocycles. The summed E-state index contributed by atoms with van der Waals surface area (Å²) in [6.07, 6.45) is 9.41. The van der Waals surface area contributed by atoms with E-state index >= 15 is 0 Å². The molecule has 2 N–H and O–H groups in total. The first kappa shape index (κ1) is 14.5. The summed E-state index contributed by atoms with van der Waals surface area (Å²) in [6, 6.07) is 0. The van der Waals surface area contributed by atoms with Crippen LogP contribution in [0, 0.1) is 0 Å². The van der Waals surface area contributed by atoms with Crippen molar-refractivity contribution < 1.29 is 0 Å².